The molecule has 0 aromatic carbocycles. The Bertz CT molecular complexity index is 403. The largest absolute Gasteiger partial charge is 0.328 e. The zero-order chi connectivity index (χ0) is 10.2. The number of nitrogens with zero attached hydrogens (tertiary/aromatic N) is 2. The van der Waals surface area contributed by atoms with Gasteiger partial charge in [-0.05, 0) is 6.92 Å². The molecule has 0 aliphatic carbocycles. The predicted molar refractivity (Wildman–Crippen MR) is 55.3 cm³/mol. The molecule has 2 N–H and O–H groups in total. The first kappa shape index (κ1) is 9.61. The van der Waals surface area contributed by atoms with Crippen LogP contribution >= 0.6 is 11.3 Å². The minimum Gasteiger partial charge on any atom is -0.328 e. The smallest absolute Gasteiger partial charge is 0.193 e. The lowest BCUT2D eigenvalue weighted by atomic mass is 10.0. The molecule has 0 bridgehead atoms. The number of fused-ring (bicyclic) bond motifs is 1. The molecule has 0 saturated carbocycles. The molecule has 0 radical (unpaired) electrons. The Morgan fingerprint density at radius 1 is 1.71 bits per heavy atom. The third-order valence-electron chi connectivity index (χ3n) is 2.12. The van der Waals surface area contributed by atoms with Gasteiger partial charge in [-0.25, -0.2) is 9.37 Å². The summed E-state index contributed by atoms with van der Waals surface area (Å²) in [5.41, 5.74) is 4.72. The maximum absolute atomic E-state index is 13.6. The van der Waals surface area contributed by atoms with Crippen LogP contribution in [0.3, 0.4) is 0 Å². The molecule has 0 aliphatic heterocycles. The number of rotatable bonds is 3. The van der Waals surface area contributed by atoms with Crippen molar-refractivity contribution >= 4 is 16.3 Å². The highest BCUT2D eigenvalue weighted by Gasteiger charge is 2.23. The Balaban J connectivity index is 2.23. The minimum atomic E-state index is -1.36. The molecule has 0 saturated heterocycles. The molecule has 1 atom stereocenters. The number of aromatic nitrogens is 2. The van der Waals surface area contributed by atoms with Gasteiger partial charge in [-0.1, -0.05) is 0 Å². The standard InChI is InChI=1S/C9H12FN3S/c1-9(10,6-11)4-7-5-13-2-3-14-8(13)12-7/h2-3,5H,4,6,11H2,1H3. The summed E-state index contributed by atoms with van der Waals surface area (Å²) in [6.07, 6.45) is 4.03. The fourth-order valence-corrected chi connectivity index (χ4v) is 2.03. The van der Waals surface area contributed by atoms with Crippen molar-refractivity contribution in [1.82, 2.24) is 9.38 Å². The molecular weight excluding hydrogens is 201 g/mol. The monoisotopic (exact) mass is 213 g/mol. The highest BCUT2D eigenvalue weighted by atomic mass is 32.1. The summed E-state index contributed by atoms with van der Waals surface area (Å²) in [7, 11) is 0. The van der Waals surface area contributed by atoms with Crippen molar-refractivity contribution in [2.45, 2.75) is 19.0 Å². The van der Waals surface area contributed by atoms with E-state index in [0.29, 0.717) is 0 Å². The zero-order valence-corrected chi connectivity index (χ0v) is 8.72. The Morgan fingerprint density at radius 2 is 2.50 bits per heavy atom. The summed E-state index contributed by atoms with van der Waals surface area (Å²) in [4.78, 5) is 5.19. The summed E-state index contributed by atoms with van der Waals surface area (Å²) in [5, 5.41) is 1.95. The average molecular weight is 213 g/mol. The maximum Gasteiger partial charge on any atom is 0.193 e. The molecule has 3 nitrogen and oxygen atoms in total. The second-order valence-corrected chi connectivity index (χ2v) is 4.49. The number of thiazole rings is 1. The van der Waals surface area contributed by atoms with Gasteiger partial charge < -0.3 is 5.73 Å². The van der Waals surface area contributed by atoms with E-state index in [1.807, 2.05) is 22.2 Å². The first-order valence-corrected chi connectivity index (χ1v) is 5.29. The number of hydrogen-bond acceptors (Lipinski definition) is 3. The molecule has 14 heavy (non-hydrogen) atoms. The zero-order valence-electron chi connectivity index (χ0n) is 7.90. The molecule has 2 aromatic heterocycles. The summed E-state index contributed by atoms with van der Waals surface area (Å²) >= 11 is 1.54. The maximum atomic E-state index is 13.6. The van der Waals surface area contributed by atoms with Crippen molar-refractivity contribution in [1.29, 1.82) is 0 Å². The van der Waals surface area contributed by atoms with Gasteiger partial charge in [-0.2, -0.15) is 0 Å². The van der Waals surface area contributed by atoms with Crippen LogP contribution < -0.4 is 5.73 Å². The van der Waals surface area contributed by atoms with Gasteiger partial charge in [0.05, 0.1) is 5.69 Å². The van der Waals surface area contributed by atoms with E-state index < -0.39 is 5.67 Å². The lowest BCUT2D eigenvalue weighted by Crippen LogP contribution is -2.31. The van der Waals surface area contributed by atoms with Gasteiger partial charge >= 0.3 is 0 Å². The van der Waals surface area contributed by atoms with Crippen LogP contribution in [0.2, 0.25) is 0 Å². The van der Waals surface area contributed by atoms with Gasteiger partial charge in [0.25, 0.3) is 0 Å². The van der Waals surface area contributed by atoms with E-state index in [1.165, 1.54) is 18.3 Å². The van der Waals surface area contributed by atoms with Gasteiger partial charge in [0.15, 0.2) is 4.96 Å². The fourth-order valence-electron chi connectivity index (χ4n) is 1.31. The van der Waals surface area contributed by atoms with Crippen LogP contribution in [0.4, 0.5) is 4.39 Å². The van der Waals surface area contributed by atoms with E-state index in [9.17, 15) is 4.39 Å². The van der Waals surface area contributed by atoms with Crippen molar-refractivity contribution in [2.75, 3.05) is 6.54 Å². The van der Waals surface area contributed by atoms with Crippen LogP contribution in [0, 0.1) is 0 Å². The van der Waals surface area contributed by atoms with E-state index in [-0.39, 0.29) is 13.0 Å². The van der Waals surface area contributed by atoms with Crippen molar-refractivity contribution < 1.29 is 4.39 Å². The number of nitrogens with two attached hydrogens (primary N) is 1. The molecule has 2 heterocycles. The van der Waals surface area contributed by atoms with Crippen LogP contribution in [0.15, 0.2) is 17.8 Å². The third-order valence-corrected chi connectivity index (χ3v) is 2.89. The van der Waals surface area contributed by atoms with Gasteiger partial charge in [-0.3, -0.25) is 4.40 Å². The minimum absolute atomic E-state index is 0.0260. The fraction of sp³-hybridized carbons (Fsp3) is 0.444. The molecule has 76 valence electrons. The number of hydrogen-bond donors (Lipinski definition) is 1. The first-order valence-electron chi connectivity index (χ1n) is 4.41. The Kier molecular flexibility index (Phi) is 2.28. The summed E-state index contributed by atoms with van der Waals surface area (Å²) < 4.78 is 15.5. The van der Waals surface area contributed by atoms with Crippen LogP contribution in [-0.2, 0) is 6.42 Å². The molecule has 0 aliphatic rings. The molecule has 2 aromatic rings. The second kappa shape index (κ2) is 3.33. The van der Waals surface area contributed by atoms with E-state index in [1.54, 1.807) is 0 Å². The highest BCUT2D eigenvalue weighted by Crippen LogP contribution is 2.18. The lowest BCUT2D eigenvalue weighted by molar-refractivity contribution is 0.198. The highest BCUT2D eigenvalue weighted by molar-refractivity contribution is 7.15. The quantitative estimate of drug-likeness (QED) is 0.842. The number of halogens is 1. The molecule has 0 spiro atoms. The SMILES string of the molecule is CC(F)(CN)Cc1cn2ccsc2n1. The topological polar surface area (TPSA) is 43.3 Å². The molecule has 0 fully saturated rings. The third kappa shape index (κ3) is 1.78. The van der Waals surface area contributed by atoms with Crippen molar-refractivity contribution in [3.8, 4) is 0 Å². The van der Waals surface area contributed by atoms with Crippen molar-refractivity contribution in [3.63, 3.8) is 0 Å². The van der Waals surface area contributed by atoms with Crippen LogP contribution in [0.1, 0.15) is 12.6 Å². The van der Waals surface area contributed by atoms with Gasteiger partial charge in [0, 0.05) is 30.7 Å². The number of alkyl halides is 1. The van der Waals surface area contributed by atoms with Crippen molar-refractivity contribution in [3.05, 3.63) is 23.5 Å². The summed E-state index contributed by atoms with van der Waals surface area (Å²) in [6.45, 7) is 1.53. The van der Waals surface area contributed by atoms with E-state index in [4.69, 9.17) is 5.73 Å². The number of imidazole rings is 1. The predicted octanol–water partition coefficient (Wildman–Crippen LogP) is 1.63. The van der Waals surface area contributed by atoms with Gasteiger partial charge in [0.2, 0.25) is 0 Å². The average Bonchev–Trinajstić information content (AvgIpc) is 2.63. The Hall–Kier alpha value is -0.940. The van der Waals surface area contributed by atoms with Gasteiger partial charge in [-0.15, -0.1) is 11.3 Å². The molecular formula is C9H12FN3S. The summed E-state index contributed by atoms with van der Waals surface area (Å²) in [5.74, 6) is 0. The van der Waals surface area contributed by atoms with Crippen LogP contribution in [0.5, 0.6) is 0 Å². The molecule has 5 heteroatoms. The molecule has 2 rings (SSSR count). The van der Waals surface area contributed by atoms with Crippen molar-refractivity contribution in [2.24, 2.45) is 5.73 Å². The van der Waals surface area contributed by atoms with E-state index in [0.717, 1.165) is 10.7 Å². The second-order valence-electron chi connectivity index (χ2n) is 3.62. The van der Waals surface area contributed by atoms with E-state index >= 15 is 0 Å². The Morgan fingerprint density at radius 3 is 3.14 bits per heavy atom. The molecule has 1 unspecified atom stereocenters. The summed E-state index contributed by atoms with van der Waals surface area (Å²) in [6, 6.07) is 0. The van der Waals surface area contributed by atoms with E-state index in [2.05, 4.69) is 4.98 Å². The van der Waals surface area contributed by atoms with Crippen LogP contribution in [-0.4, -0.2) is 21.6 Å². The Labute approximate surface area is 85.4 Å². The van der Waals surface area contributed by atoms with Crippen LogP contribution in [0.25, 0.3) is 4.96 Å². The molecule has 0 amide bonds. The normalized spacial score (nSPS) is 15.9. The lowest BCUT2D eigenvalue weighted by Gasteiger charge is -2.15. The first-order chi connectivity index (χ1) is 6.61. The van der Waals surface area contributed by atoms with Gasteiger partial charge in [0.1, 0.15) is 5.67 Å².